The molecule has 0 saturated heterocycles. The van der Waals surface area contributed by atoms with E-state index in [0.717, 1.165) is 9.75 Å². The zero-order valence-corrected chi connectivity index (χ0v) is 8.92. The van der Waals surface area contributed by atoms with Crippen molar-refractivity contribution in [3.8, 4) is 0 Å². The third-order valence-corrected chi connectivity index (χ3v) is 3.19. The number of halogens is 1. The van der Waals surface area contributed by atoms with Crippen molar-refractivity contribution in [2.45, 2.75) is 20.8 Å². The second kappa shape index (κ2) is 3.58. The molecule has 0 aliphatic carbocycles. The van der Waals surface area contributed by atoms with E-state index in [9.17, 15) is 4.79 Å². The number of rotatable bonds is 2. The van der Waals surface area contributed by atoms with Crippen molar-refractivity contribution < 1.29 is 4.79 Å². The van der Waals surface area contributed by atoms with E-state index < -0.39 is 0 Å². The lowest BCUT2D eigenvalue weighted by Crippen LogP contribution is -2.04. The molecule has 0 amide bonds. The zero-order chi connectivity index (χ0) is 9.30. The van der Waals surface area contributed by atoms with Crippen molar-refractivity contribution in [1.29, 1.82) is 0 Å². The van der Waals surface area contributed by atoms with Gasteiger partial charge in [0.2, 0.25) is 0 Å². The van der Waals surface area contributed by atoms with Crippen molar-refractivity contribution >= 4 is 28.7 Å². The molecule has 0 bridgehead atoms. The molecule has 0 aliphatic heterocycles. The van der Waals surface area contributed by atoms with E-state index in [-0.39, 0.29) is 11.7 Å². The summed E-state index contributed by atoms with van der Waals surface area (Å²) in [4.78, 5) is 13.2. The molecule has 1 nitrogen and oxygen atoms in total. The maximum atomic E-state index is 11.5. The van der Waals surface area contributed by atoms with Crippen LogP contribution in [0.2, 0.25) is 5.02 Å². The summed E-state index contributed by atoms with van der Waals surface area (Å²) in [7, 11) is 0. The molecule has 1 aromatic rings. The Morgan fingerprint density at radius 2 is 2.17 bits per heavy atom. The normalized spacial score (nSPS) is 10.8. The molecule has 0 N–H and O–H groups in total. The first kappa shape index (κ1) is 9.75. The average Bonchev–Trinajstić information content (AvgIpc) is 2.30. The molecule has 0 saturated carbocycles. The van der Waals surface area contributed by atoms with E-state index in [4.69, 9.17) is 11.6 Å². The van der Waals surface area contributed by atoms with Gasteiger partial charge in [-0.15, -0.1) is 11.3 Å². The predicted molar refractivity (Wildman–Crippen MR) is 53.2 cm³/mol. The Morgan fingerprint density at radius 3 is 2.50 bits per heavy atom. The van der Waals surface area contributed by atoms with Gasteiger partial charge < -0.3 is 0 Å². The van der Waals surface area contributed by atoms with Crippen LogP contribution in [-0.4, -0.2) is 5.78 Å². The molecule has 3 heteroatoms. The fourth-order valence-corrected chi connectivity index (χ4v) is 2.15. The van der Waals surface area contributed by atoms with Crippen molar-refractivity contribution in [3.63, 3.8) is 0 Å². The molecule has 12 heavy (non-hydrogen) atoms. The van der Waals surface area contributed by atoms with Crippen LogP contribution in [0.25, 0.3) is 0 Å². The van der Waals surface area contributed by atoms with Gasteiger partial charge in [0, 0.05) is 10.8 Å². The number of Topliss-reactive ketones (excluding diaryl/α,β-unsaturated/α-hetero) is 1. The van der Waals surface area contributed by atoms with E-state index in [1.165, 1.54) is 11.3 Å². The van der Waals surface area contributed by atoms with Gasteiger partial charge in [0.25, 0.3) is 0 Å². The SMILES string of the molecule is Cc1sc(C(=O)C(C)C)cc1Cl. The Bertz CT molecular complexity index is 282. The molecule has 1 heterocycles. The maximum Gasteiger partial charge on any atom is 0.175 e. The number of carbonyl (C=O) groups excluding carboxylic acids is 1. The van der Waals surface area contributed by atoms with Crippen molar-refractivity contribution in [3.05, 3.63) is 20.8 Å². The summed E-state index contributed by atoms with van der Waals surface area (Å²) in [6.07, 6.45) is 0. The lowest BCUT2D eigenvalue weighted by atomic mass is 10.1. The van der Waals surface area contributed by atoms with Crippen LogP contribution >= 0.6 is 22.9 Å². The molecule has 0 unspecified atom stereocenters. The topological polar surface area (TPSA) is 17.1 Å². The summed E-state index contributed by atoms with van der Waals surface area (Å²) >= 11 is 7.31. The molecule has 0 aromatic carbocycles. The van der Waals surface area contributed by atoms with Crippen molar-refractivity contribution in [2.75, 3.05) is 0 Å². The molecular formula is C9H11ClOS. The number of hydrogen-bond donors (Lipinski definition) is 0. The standard InChI is InChI=1S/C9H11ClOS/c1-5(2)9(11)8-4-7(10)6(3)12-8/h4-5H,1-3H3. The fraction of sp³-hybridized carbons (Fsp3) is 0.444. The monoisotopic (exact) mass is 202 g/mol. The van der Waals surface area contributed by atoms with Crippen LogP contribution in [0.5, 0.6) is 0 Å². The molecule has 0 spiro atoms. The molecule has 0 radical (unpaired) electrons. The molecule has 0 atom stereocenters. The highest BCUT2D eigenvalue weighted by Crippen LogP contribution is 2.27. The van der Waals surface area contributed by atoms with Crippen LogP contribution in [-0.2, 0) is 0 Å². The lowest BCUT2D eigenvalue weighted by molar-refractivity contribution is 0.0943. The summed E-state index contributed by atoms with van der Waals surface area (Å²) in [5.41, 5.74) is 0. The minimum atomic E-state index is 0.0547. The van der Waals surface area contributed by atoms with Gasteiger partial charge in [-0.2, -0.15) is 0 Å². The first-order chi connectivity index (χ1) is 5.52. The third-order valence-electron chi connectivity index (χ3n) is 1.62. The van der Waals surface area contributed by atoms with Crippen LogP contribution in [0.4, 0.5) is 0 Å². The van der Waals surface area contributed by atoms with Gasteiger partial charge in [-0.1, -0.05) is 25.4 Å². The number of carbonyl (C=O) groups is 1. The van der Waals surface area contributed by atoms with Crippen LogP contribution in [0, 0.1) is 12.8 Å². The first-order valence-electron chi connectivity index (χ1n) is 3.82. The summed E-state index contributed by atoms with van der Waals surface area (Å²) in [6, 6.07) is 1.75. The Morgan fingerprint density at radius 1 is 1.58 bits per heavy atom. The summed E-state index contributed by atoms with van der Waals surface area (Å²) < 4.78 is 0. The van der Waals surface area contributed by atoms with E-state index >= 15 is 0 Å². The summed E-state index contributed by atoms with van der Waals surface area (Å²) in [5.74, 6) is 0.231. The fourth-order valence-electron chi connectivity index (χ4n) is 0.866. The average molecular weight is 203 g/mol. The molecule has 66 valence electrons. The van der Waals surface area contributed by atoms with E-state index in [2.05, 4.69) is 0 Å². The molecule has 0 fully saturated rings. The molecule has 0 aliphatic rings. The van der Waals surface area contributed by atoms with Gasteiger partial charge in [-0.05, 0) is 13.0 Å². The van der Waals surface area contributed by atoms with E-state index in [0.29, 0.717) is 5.02 Å². The summed E-state index contributed by atoms with van der Waals surface area (Å²) in [6.45, 7) is 5.71. The number of thiophene rings is 1. The number of hydrogen-bond acceptors (Lipinski definition) is 2. The van der Waals surface area contributed by atoms with Gasteiger partial charge in [0.05, 0.1) is 9.90 Å². The highest BCUT2D eigenvalue weighted by molar-refractivity contribution is 7.14. The van der Waals surface area contributed by atoms with E-state index in [1.54, 1.807) is 6.07 Å². The zero-order valence-electron chi connectivity index (χ0n) is 7.35. The van der Waals surface area contributed by atoms with Crippen LogP contribution in [0.15, 0.2) is 6.07 Å². The van der Waals surface area contributed by atoms with Crippen LogP contribution in [0.3, 0.4) is 0 Å². The van der Waals surface area contributed by atoms with Gasteiger partial charge in [0.1, 0.15) is 0 Å². The quantitative estimate of drug-likeness (QED) is 0.671. The minimum absolute atomic E-state index is 0.0547. The van der Waals surface area contributed by atoms with Gasteiger partial charge in [-0.25, -0.2) is 0 Å². The van der Waals surface area contributed by atoms with Crippen LogP contribution < -0.4 is 0 Å². The smallest absolute Gasteiger partial charge is 0.175 e. The third kappa shape index (κ3) is 1.87. The Labute approximate surface area is 81.4 Å². The first-order valence-corrected chi connectivity index (χ1v) is 5.02. The minimum Gasteiger partial charge on any atom is -0.293 e. The van der Waals surface area contributed by atoms with Gasteiger partial charge in [-0.3, -0.25) is 4.79 Å². The van der Waals surface area contributed by atoms with Crippen molar-refractivity contribution in [2.24, 2.45) is 5.92 Å². The Kier molecular flexibility index (Phi) is 2.91. The molecule has 1 aromatic heterocycles. The molecule has 1 rings (SSSR count). The highest BCUT2D eigenvalue weighted by atomic mass is 35.5. The lowest BCUT2D eigenvalue weighted by Gasteiger charge is -1.98. The second-order valence-corrected chi connectivity index (χ2v) is 4.70. The second-order valence-electron chi connectivity index (χ2n) is 3.03. The summed E-state index contributed by atoms with van der Waals surface area (Å²) in [5, 5.41) is 0.698. The number of aryl methyl sites for hydroxylation is 1. The highest BCUT2D eigenvalue weighted by Gasteiger charge is 2.14. The maximum absolute atomic E-state index is 11.5. The number of ketones is 1. The predicted octanol–water partition coefficient (Wildman–Crippen LogP) is 3.55. The molecular weight excluding hydrogens is 192 g/mol. The largest absolute Gasteiger partial charge is 0.293 e. The van der Waals surface area contributed by atoms with Crippen LogP contribution in [0.1, 0.15) is 28.4 Å². The van der Waals surface area contributed by atoms with Gasteiger partial charge in [0.15, 0.2) is 5.78 Å². The van der Waals surface area contributed by atoms with Crippen molar-refractivity contribution in [1.82, 2.24) is 0 Å². The Hall–Kier alpha value is -0.340. The Balaban J connectivity index is 2.97. The van der Waals surface area contributed by atoms with Gasteiger partial charge >= 0.3 is 0 Å². The van der Waals surface area contributed by atoms with E-state index in [1.807, 2.05) is 20.8 Å².